The van der Waals surface area contributed by atoms with Crippen molar-refractivity contribution in [2.24, 2.45) is 11.8 Å². The number of piperidine rings is 1. The first kappa shape index (κ1) is 18.5. The second-order valence-electron chi connectivity index (χ2n) is 8.13. The normalized spacial score (nSPS) is 25.4. The molecule has 29 heavy (non-hydrogen) atoms. The number of hydrazine groups is 1. The summed E-state index contributed by atoms with van der Waals surface area (Å²) in [5.41, 5.74) is 8.20. The molecule has 4 heterocycles. The molecule has 2 fully saturated rings. The fourth-order valence-corrected chi connectivity index (χ4v) is 4.65. The Labute approximate surface area is 170 Å². The summed E-state index contributed by atoms with van der Waals surface area (Å²) < 4.78 is 6.11. The van der Waals surface area contributed by atoms with Crippen LogP contribution in [0.3, 0.4) is 0 Å². The number of carbonyl (C=O) groups is 1. The zero-order valence-corrected chi connectivity index (χ0v) is 16.4. The lowest BCUT2D eigenvalue weighted by molar-refractivity contribution is 0.0791. The molecule has 2 aliphatic heterocycles. The molecule has 3 atom stereocenters. The number of furan rings is 1. The van der Waals surface area contributed by atoms with Crippen LogP contribution in [-0.4, -0.2) is 41.8 Å². The molecule has 3 unspecified atom stereocenters. The van der Waals surface area contributed by atoms with Gasteiger partial charge >= 0.3 is 0 Å². The monoisotopic (exact) mass is 390 g/mol. The topological polar surface area (TPSA) is 70.4 Å². The molecule has 2 saturated heterocycles. The SMILES string of the molecule is O=C(c1ccccn1)C1CCCN(CC2CNNC2c2cc3ccccc3o2)C1. The Kier molecular flexibility index (Phi) is 5.14. The Morgan fingerprint density at radius 1 is 1.21 bits per heavy atom. The van der Waals surface area contributed by atoms with Gasteiger partial charge in [-0.2, -0.15) is 0 Å². The maximum absolute atomic E-state index is 12.8. The maximum Gasteiger partial charge on any atom is 0.185 e. The largest absolute Gasteiger partial charge is 0.459 e. The van der Waals surface area contributed by atoms with Gasteiger partial charge in [0.1, 0.15) is 17.0 Å². The Balaban J connectivity index is 1.27. The van der Waals surface area contributed by atoms with Crippen molar-refractivity contribution in [3.8, 4) is 0 Å². The molecule has 6 heteroatoms. The molecule has 2 aromatic heterocycles. The molecule has 0 amide bonds. The summed E-state index contributed by atoms with van der Waals surface area (Å²) in [6.45, 7) is 3.67. The molecule has 5 rings (SSSR count). The summed E-state index contributed by atoms with van der Waals surface area (Å²) in [4.78, 5) is 19.5. The van der Waals surface area contributed by atoms with Crippen LogP contribution in [0.4, 0.5) is 0 Å². The first-order chi connectivity index (χ1) is 14.3. The van der Waals surface area contributed by atoms with Gasteiger partial charge in [0, 0.05) is 43.1 Å². The number of nitrogens with zero attached hydrogens (tertiary/aromatic N) is 2. The van der Waals surface area contributed by atoms with Crippen LogP contribution in [-0.2, 0) is 0 Å². The van der Waals surface area contributed by atoms with Gasteiger partial charge in [-0.1, -0.05) is 24.3 Å². The lowest BCUT2D eigenvalue weighted by Gasteiger charge is -2.34. The first-order valence-corrected chi connectivity index (χ1v) is 10.4. The number of nitrogens with one attached hydrogen (secondary N) is 2. The number of ketones is 1. The van der Waals surface area contributed by atoms with Crippen molar-refractivity contribution in [3.63, 3.8) is 0 Å². The predicted octanol–water partition coefficient (Wildman–Crippen LogP) is 3.19. The van der Waals surface area contributed by atoms with Crippen molar-refractivity contribution in [2.45, 2.75) is 18.9 Å². The van der Waals surface area contributed by atoms with E-state index < -0.39 is 0 Å². The molecule has 150 valence electrons. The zero-order chi connectivity index (χ0) is 19.6. The number of hydrogen-bond acceptors (Lipinski definition) is 6. The number of rotatable bonds is 5. The number of aromatic nitrogens is 1. The van der Waals surface area contributed by atoms with Crippen LogP contribution in [0.5, 0.6) is 0 Å². The summed E-state index contributed by atoms with van der Waals surface area (Å²) in [6.07, 6.45) is 3.69. The number of fused-ring (bicyclic) bond motifs is 1. The second kappa shape index (κ2) is 8.06. The van der Waals surface area contributed by atoms with Gasteiger partial charge in [-0.15, -0.1) is 0 Å². The second-order valence-corrected chi connectivity index (χ2v) is 8.13. The molecular formula is C23H26N4O2. The summed E-state index contributed by atoms with van der Waals surface area (Å²) in [7, 11) is 0. The highest BCUT2D eigenvalue weighted by atomic mass is 16.3. The third-order valence-corrected chi connectivity index (χ3v) is 6.13. The van der Waals surface area contributed by atoms with E-state index in [1.54, 1.807) is 6.20 Å². The van der Waals surface area contributed by atoms with Crippen molar-refractivity contribution in [3.05, 3.63) is 66.2 Å². The number of carbonyl (C=O) groups excluding carboxylic acids is 1. The van der Waals surface area contributed by atoms with E-state index in [1.807, 2.05) is 36.4 Å². The minimum atomic E-state index is 0.0330. The average molecular weight is 390 g/mol. The fourth-order valence-electron chi connectivity index (χ4n) is 4.65. The molecule has 1 aromatic carbocycles. The van der Waals surface area contributed by atoms with Gasteiger partial charge in [-0.25, -0.2) is 5.43 Å². The van der Waals surface area contributed by atoms with Crippen molar-refractivity contribution >= 4 is 16.8 Å². The fraction of sp³-hybridized carbons (Fsp3) is 0.391. The highest BCUT2D eigenvalue weighted by Gasteiger charge is 2.34. The van der Waals surface area contributed by atoms with Crippen molar-refractivity contribution in [1.82, 2.24) is 20.7 Å². The van der Waals surface area contributed by atoms with Crippen LogP contribution in [0.2, 0.25) is 0 Å². The molecule has 0 radical (unpaired) electrons. The van der Waals surface area contributed by atoms with E-state index in [2.05, 4.69) is 32.9 Å². The van der Waals surface area contributed by atoms with Gasteiger partial charge in [0.15, 0.2) is 5.78 Å². The Hall–Kier alpha value is -2.54. The van der Waals surface area contributed by atoms with Gasteiger partial charge in [0.25, 0.3) is 0 Å². The molecule has 6 nitrogen and oxygen atoms in total. The highest BCUT2D eigenvalue weighted by molar-refractivity contribution is 5.96. The van der Waals surface area contributed by atoms with Gasteiger partial charge in [-0.3, -0.25) is 15.2 Å². The third kappa shape index (κ3) is 3.83. The molecule has 0 spiro atoms. The Morgan fingerprint density at radius 2 is 2.10 bits per heavy atom. The highest BCUT2D eigenvalue weighted by Crippen LogP contribution is 2.31. The molecule has 0 aliphatic carbocycles. The van der Waals surface area contributed by atoms with E-state index in [0.717, 1.165) is 55.8 Å². The maximum atomic E-state index is 12.8. The van der Waals surface area contributed by atoms with Crippen LogP contribution >= 0.6 is 0 Å². The number of likely N-dealkylation sites (tertiary alicyclic amines) is 1. The smallest absolute Gasteiger partial charge is 0.185 e. The van der Waals surface area contributed by atoms with Crippen LogP contribution in [0.15, 0.2) is 59.1 Å². The lowest BCUT2D eigenvalue weighted by atomic mass is 9.90. The predicted molar refractivity (Wildman–Crippen MR) is 111 cm³/mol. The van der Waals surface area contributed by atoms with Gasteiger partial charge < -0.3 is 9.32 Å². The summed E-state index contributed by atoms with van der Waals surface area (Å²) in [6, 6.07) is 15.9. The minimum Gasteiger partial charge on any atom is -0.459 e. The van der Waals surface area contributed by atoms with Crippen LogP contribution in [0.25, 0.3) is 11.0 Å². The molecule has 0 saturated carbocycles. The van der Waals surface area contributed by atoms with E-state index in [-0.39, 0.29) is 17.7 Å². The summed E-state index contributed by atoms with van der Waals surface area (Å²) >= 11 is 0. The molecule has 2 aliphatic rings. The van der Waals surface area contributed by atoms with Gasteiger partial charge in [-0.05, 0) is 43.7 Å². The summed E-state index contributed by atoms with van der Waals surface area (Å²) in [5.74, 6) is 1.57. The quantitative estimate of drug-likeness (QED) is 0.652. The number of hydrogen-bond donors (Lipinski definition) is 2. The van der Waals surface area contributed by atoms with E-state index in [9.17, 15) is 4.79 Å². The number of benzene rings is 1. The van der Waals surface area contributed by atoms with E-state index in [4.69, 9.17) is 4.42 Å². The number of pyridine rings is 1. The van der Waals surface area contributed by atoms with Crippen molar-refractivity contribution in [1.29, 1.82) is 0 Å². The Morgan fingerprint density at radius 3 is 2.97 bits per heavy atom. The average Bonchev–Trinajstić information content (AvgIpc) is 3.40. The standard InChI is InChI=1S/C23H26N4O2/c28-23(19-8-3-4-10-24-19)17-7-5-11-27(14-17)15-18-13-25-26-22(18)21-12-16-6-1-2-9-20(16)29-21/h1-4,6,8-10,12,17-18,22,25-26H,5,7,11,13-15H2. The molecule has 3 aromatic rings. The van der Waals surface area contributed by atoms with Crippen molar-refractivity contribution in [2.75, 3.05) is 26.2 Å². The zero-order valence-electron chi connectivity index (χ0n) is 16.4. The van der Waals surface area contributed by atoms with E-state index in [1.165, 1.54) is 0 Å². The van der Waals surface area contributed by atoms with Gasteiger partial charge in [0.2, 0.25) is 0 Å². The molecular weight excluding hydrogens is 364 g/mol. The molecule has 2 N–H and O–H groups in total. The first-order valence-electron chi connectivity index (χ1n) is 10.4. The van der Waals surface area contributed by atoms with Crippen LogP contribution < -0.4 is 10.9 Å². The van der Waals surface area contributed by atoms with Crippen LogP contribution in [0, 0.1) is 11.8 Å². The number of Topliss-reactive ketones (excluding diaryl/α,β-unsaturated/α-hetero) is 1. The molecule has 0 bridgehead atoms. The van der Waals surface area contributed by atoms with Gasteiger partial charge in [0.05, 0.1) is 6.04 Å². The third-order valence-electron chi connectivity index (χ3n) is 6.13. The minimum absolute atomic E-state index is 0.0330. The van der Waals surface area contributed by atoms with Crippen LogP contribution in [0.1, 0.15) is 35.1 Å². The lowest BCUT2D eigenvalue weighted by Crippen LogP contribution is -2.42. The van der Waals surface area contributed by atoms with Crippen molar-refractivity contribution < 1.29 is 9.21 Å². The van der Waals surface area contributed by atoms with E-state index >= 15 is 0 Å². The van der Waals surface area contributed by atoms with E-state index in [0.29, 0.717) is 11.6 Å². The summed E-state index contributed by atoms with van der Waals surface area (Å²) in [5, 5.41) is 1.13. The Bertz CT molecular complexity index is 954. The number of para-hydroxylation sites is 1.